The molecular formula is C15H19Cl2NO3. The van der Waals surface area contributed by atoms with E-state index in [9.17, 15) is 9.90 Å². The Balaban J connectivity index is 1.91. The normalized spacial score (nSPS) is 17.3. The molecule has 1 aromatic carbocycles. The molecule has 0 radical (unpaired) electrons. The number of halogens is 2. The molecule has 0 aromatic heterocycles. The molecule has 2 rings (SSSR count). The Morgan fingerprint density at radius 3 is 2.52 bits per heavy atom. The molecule has 21 heavy (non-hydrogen) atoms. The Morgan fingerprint density at radius 2 is 2.00 bits per heavy atom. The van der Waals surface area contributed by atoms with Crippen LogP contribution in [0, 0.1) is 5.92 Å². The number of carbonyl (C=O) groups is 1. The zero-order valence-electron chi connectivity index (χ0n) is 11.8. The first-order valence-corrected chi connectivity index (χ1v) is 7.67. The highest BCUT2D eigenvalue weighted by atomic mass is 35.5. The van der Waals surface area contributed by atoms with E-state index in [0.717, 1.165) is 12.8 Å². The van der Waals surface area contributed by atoms with Crippen LogP contribution in [0.15, 0.2) is 18.2 Å². The number of hydrogen-bond acceptors (Lipinski definition) is 3. The van der Waals surface area contributed by atoms with Crippen molar-refractivity contribution >= 4 is 29.1 Å². The second-order valence-corrected chi connectivity index (χ2v) is 6.26. The number of carbonyl (C=O) groups excluding carboxylic acids is 1. The van der Waals surface area contributed by atoms with Gasteiger partial charge in [-0.25, -0.2) is 0 Å². The fourth-order valence-corrected chi connectivity index (χ4v) is 2.84. The van der Waals surface area contributed by atoms with Gasteiger partial charge in [0.15, 0.2) is 0 Å². The van der Waals surface area contributed by atoms with E-state index in [1.54, 1.807) is 25.3 Å². The molecule has 2 atom stereocenters. The number of rotatable bonds is 7. The summed E-state index contributed by atoms with van der Waals surface area (Å²) in [6.07, 6.45) is 1.27. The Morgan fingerprint density at radius 1 is 1.38 bits per heavy atom. The van der Waals surface area contributed by atoms with E-state index in [-0.39, 0.29) is 18.4 Å². The zero-order valence-corrected chi connectivity index (χ0v) is 13.3. The van der Waals surface area contributed by atoms with Crippen LogP contribution < -0.4 is 5.32 Å². The molecule has 0 spiro atoms. The summed E-state index contributed by atoms with van der Waals surface area (Å²) in [5.74, 6) is 0.291. The fourth-order valence-electron chi connectivity index (χ4n) is 2.30. The molecule has 1 saturated carbocycles. The molecule has 0 bridgehead atoms. The minimum Gasteiger partial charge on any atom is -0.388 e. The van der Waals surface area contributed by atoms with Gasteiger partial charge in [-0.15, -0.1) is 0 Å². The minimum atomic E-state index is -0.927. The molecule has 1 amide bonds. The molecule has 0 saturated heterocycles. The highest BCUT2D eigenvalue weighted by molar-refractivity contribution is 6.34. The van der Waals surface area contributed by atoms with E-state index < -0.39 is 6.10 Å². The third-order valence-corrected chi connectivity index (χ3v) is 3.97. The van der Waals surface area contributed by atoms with Crippen LogP contribution >= 0.6 is 23.2 Å². The van der Waals surface area contributed by atoms with Gasteiger partial charge < -0.3 is 15.2 Å². The summed E-state index contributed by atoms with van der Waals surface area (Å²) in [7, 11) is 1.62. The third kappa shape index (κ3) is 5.15. The van der Waals surface area contributed by atoms with Crippen LogP contribution in [0.25, 0.3) is 0 Å². The number of ether oxygens (including phenoxy) is 1. The van der Waals surface area contributed by atoms with Crippen molar-refractivity contribution in [2.24, 2.45) is 5.92 Å². The molecule has 1 aromatic rings. The van der Waals surface area contributed by atoms with Gasteiger partial charge in [-0.1, -0.05) is 23.2 Å². The predicted molar refractivity (Wildman–Crippen MR) is 82.6 cm³/mol. The number of benzene rings is 1. The minimum absolute atomic E-state index is 0.0242. The van der Waals surface area contributed by atoms with Crippen molar-refractivity contribution in [3.8, 4) is 0 Å². The standard InChI is InChI=1S/C15H19Cl2NO3/c1-21-8-13(9-2-3-9)18-15(20)7-14(19)10-4-11(16)6-12(17)5-10/h4-6,9,13-14,19H,2-3,7-8H2,1H3,(H,18,20). The maximum Gasteiger partial charge on any atom is 0.223 e. The highest BCUT2D eigenvalue weighted by Crippen LogP contribution is 2.33. The van der Waals surface area contributed by atoms with Crippen molar-refractivity contribution in [3.05, 3.63) is 33.8 Å². The Hall–Kier alpha value is -0.810. The van der Waals surface area contributed by atoms with Gasteiger partial charge in [0.05, 0.1) is 25.2 Å². The third-order valence-electron chi connectivity index (χ3n) is 3.53. The van der Waals surface area contributed by atoms with Gasteiger partial charge in [-0.3, -0.25) is 4.79 Å². The Bertz CT molecular complexity index is 485. The van der Waals surface area contributed by atoms with Crippen molar-refractivity contribution in [1.82, 2.24) is 5.32 Å². The molecule has 2 N–H and O–H groups in total. The first-order valence-electron chi connectivity index (χ1n) is 6.92. The van der Waals surface area contributed by atoms with E-state index >= 15 is 0 Å². The van der Waals surface area contributed by atoms with Gasteiger partial charge in [0.2, 0.25) is 5.91 Å². The summed E-state index contributed by atoms with van der Waals surface area (Å²) in [5.41, 5.74) is 0.539. The van der Waals surface area contributed by atoms with E-state index in [2.05, 4.69) is 5.32 Å². The van der Waals surface area contributed by atoms with E-state index in [1.807, 2.05) is 0 Å². The molecule has 2 unspecified atom stereocenters. The quantitative estimate of drug-likeness (QED) is 0.807. The number of nitrogens with one attached hydrogen (secondary N) is 1. The summed E-state index contributed by atoms with van der Waals surface area (Å²) < 4.78 is 5.12. The molecule has 0 aliphatic heterocycles. The zero-order chi connectivity index (χ0) is 15.4. The lowest BCUT2D eigenvalue weighted by molar-refractivity contribution is -0.124. The maximum atomic E-state index is 12.0. The van der Waals surface area contributed by atoms with Gasteiger partial charge in [0.25, 0.3) is 0 Å². The van der Waals surface area contributed by atoms with Crippen molar-refractivity contribution in [2.45, 2.75) is 31.4 Å². The van der Waals surface area contributed by atoms with Crippen LogP contribution in [0.2, 0.25) is 10.0 Å². The molecule has 6 heteroatoms. The SMILES string of the molecule is COCC(NC(=O)CC(O)c1cc(Cl)cc(Cl)c1)C1CC1. The fraction of sp³-hybridized carbons (Fsp3) is 0.533. The summed E-state index contributed by atoms with van der Waals surface area (Å²) in [6, 6.07) is 4.83. The average molecular weight is 332 g/mol. The van der Waals surface area contributed by atoms with Gasteiger partial charge in [0, 0.05) is 17.2 Å². The monoisotopic (exact) mass is 331 g/mol. The van der Waals surface area contributed by atoms with Crippen molar-refractivity contribution in [3.63, 3.8) is 0 Å². The van der Waals surface area contributed by atoms with E-state index in [4.69, 9.17) is 27.9 Å². The first kappa shape index (κ1) is 16.6. The Kier molecular flexibility index (Phi) is 5.88. The van der Waals surface area contributed by atoms with Gasteiger partial charge in [-0.05, 0) is 42.5 Å². The second kappa shape index (κ2) is 7.45. The van der Waals surface area contributed by atoms with Crippen LogP contribution in [0.4, 0.5) is 0 Å². The van der Waals surface area contributed by atoms with Crippen LogP contribution in [0.3, 0.4) is 0 Å². The second-order valence-electron chi connectivity index (χ2n) is 5.39. The lowest BCUT2D eigenvalue weighted by atomic mass is 10.1. The van der Waals surface area contributed by atoms with Crippen LogP contribution in [-0.4, -0.2) is 30.8 Å². The topological polar surface area (TPSA) is 58.6 Å². The number of methoxy groups -OCH3 is 1. The highest BCUT2D eigenvalue weighted by Gasteiger charge is 2.32. The maximum absolute atomic E-state index is 12.0. The van der Waals surface area contributed by atoms with Crippen LogP contribution in [0.5, 0.6) is 0 Å². The number of amides is 1. The van der Waals surface area contributed by atoms with Gasteiger partial charge >= 0.3 is 0 Å². The van der Waals surface area contributed by atoms with Crippen molar-refractivity contribution in [2.75, 3.05) is 13.7 Å². The molecule has 116 valence electrons. The molecule has 1 aliphatic rings. The van der Waals surface area contributed by atoms with Crippen molar-refractivity contribution < 1.29 is 14.6 Å². The first-order chi connectivity index (χ1) is 9.99. The van der Waals surface area contributed by atoms with Crippen LogP contribution in [-0.2, 0) is 9.53 Å². The summed E-state index contributed by atoms with van der Waals surface area (Å²) >= 11 is 11.8. The lowest BCUT2D eigenvalue weighted by Gasteiger charge is -2.19. The average Bonchev–Trinajstić information content (AvgIpc) is 3.21. The summed E-state index contributed by atoms with van der Waals surface area (Å²) in [5, 5.41) is 13.9. The lowest BCUT2D eigenvalue weighted by Crippen LogP contribution is -2.40. The summed E-state index contributed by atoms with van der Waals surface area (Å²) in [6.45, 7) is 0.496. The van der Waals surface area contributed by atoms with E-state index in [1.165, 1.54) is 0 Å². The smallest absolute Gasteiger partial charge is 0.223 e. The van der Waals surface area contributed by atoms with Crippen LogP contribution in [0.1, 0.15) is 30.9 Å². The molecular weight excluding hydrogens is 313 g/mol. The predicted octanol–water partition coefficient (Wildman–Crippen LogP) is 2.96. The molecule has 1 fully saturated rings. The van der Waals surface area contributed by atoms with E-state index in [0.29, 0.717) is 28.1 Å². The Labute approximate surface area is 134 Å². The summed E-state index contributed by atoms with van der Waals surface area (Å²) in [4.78, 5) is 12.0. The molecule has 1 aliphatic carbocycles. The number of aliphatic hydroxyl groups is 1. The van der Waals surface area contributed by atoms with Gasteiger partial charge in [0.1, 0.15) is 0 Å². The molecule has 0 heterocycles. The molecule has 4 nitrogen and oxygen atoms in total. The van der Waals surface area contributed by atoms with Crippen molar-refractivity contribution in [1.29, 1.82) is 0 Å². The number of hydrogen-bond donors (Lipinski definition) is 2. The number of aliphatic hydroxyl groups excluding tert-OH is 1. The largest absolute Gasteiger partial charge is 0.388 e. The van der Waals surface area contributed by atoms with Gasteiger partial charge in [-0.2, -0.15) is 0 Å².